The second-order valence-corrected chi connectivity index (χ2v) is 9.56. The second-order valence-electron chi connectivity index (χ2n) is 6.56. The van der Waals surface area contributed by atoms with Crippen molar-refractivity contribution < 1.29 is 13.2 Å². The summed E-state index contributed by atoms with van der Waals surface area (Å²) in [5.74, 6) is -0.305. The molecule has 0 spiro atoms. The number of benzene rings is 1. The molecule has 0 unspecified atom stereocenters. The van der Waals surface area contributed by atoms with E-state index in [2.05, 4.69) is 15.5 Å². The maximum absolute atomic E-state index is 12.8. The van der Waals surface area contributed by atoms with Crippen molar-refractivity contribution in [1.29, 1.82) is 0 Å². The fraction of sp³-hybridized carbons (Fsp3) is 0.421. The molecule has 1 aliphatic heterocycles. The summed E-state index contributed by atoms with van der Waals surface area (Å²) in [7, 11) is -3.46. The van der Waals surface area contributed by atoms with E-state index in [1.54, 1.807) is 34.6 Å². The molecule has 1 aliphatic rings. The zero-order valence-corrected chi connectivity index (χ0v) is 17.4. The lowest BCUT2D eigenvalue weighted by Crippen LogP contribution is -2.31. The zero-order valence-electron chi connectivity index (χ0n) is 15.8. The summed E-state index contributed by atoms with van der Waals surface area (Å²) in [5.41, 5.74) is 0.747. The van der Waals surface area contributed by atoms with Crippen LogP contribution in [0.15, 0.2) is 35.2 Å². The summed E-state index contributed by atoms with van der Waals surface area (Å²) in [4.78, 5) is 12.3. The van der Waals surface area contributed by atoms with Gasteiger partial charge in [-0.1, -0.05) is 43.2 Å². The Morgan fingerprint density at radius 1 is 1.14 bits per heavy atom. The number of hydrogen-bond acceptors (Lipinski definition) is 6. The molecule has 1 aromatic carbocycles. The van der Waals surface area contributed by atoms with Crippen LogP contribution in [0.3, 0.4) is 0 Å². The third-order valence-electron chi connectivity index (χ3n) is 4.51. The van der Waals surface area contributed by atoms with Crippen LogP contribution in [-0.2, 0) is 21.2 Å². The molecule has 2 aromatic rings. The second kappa shape index (κ2) is 9.40. The molecule has 0 aliphatic carbocycles. The number of amides is 1. The van der Waals surface area contributed by atoms with Crippen LogP contribution in [-0.4, -0.2) is 41.9 Å². The number of hydrogen-bond donors (Lipinski definition) is 1. The minimum absolute atomic E-state index is 0.289. The average molecular weight is 421 g/mol. The summed E-state index contributed by atoms with van der Waals surface area (Å²) in [6, 6.07) is 6.59. The zero-order chi connectivity index (χ0) is 20.0. The van der Waals surface area contributed by atoms with Gasteiger partial charge in [-0.15, -0.1) is 10.2 Å². The highest BCUT2D eigenvalue weighted by atomic mass is 32.2. The molecule has 0 radical (unpaired) electrons. The molecule has 1 aromatic heterocycles. The topological polar surface area (TPSA) is 92.3 Å². The first-order valence-electron chi connectivity index (χ1n) is 9.40. The lowest BCUT2D eigenvalue weighted by molar-refractivity contribution is -0.111. The molecule has 2 heterocycles. The summed E-state index contributed by atoms with van der Waals surface area (Å²) >= 11 is 1.34. The number of carbonyl (C=O) groups is 1. The number of nitrogens with zero attached hydrogens (tertiary/aromatic N) is 3. The van der Waals surface area contributed by atoms with Gasteiger partial charge in [0.2, 0.25) is 21.1 Å². The number of carbonyl (C=O) groups excluding carboxylic acids is 1. The molecule has 0 saturated carbocycles. The van der Waals surface area contributed by atoms with Gasteiger partial charge in [-0.05, 0) is 43.0 Å². The van der Waals surface area contributed by atoms with Gasteiger partial charge in [0.1, 0.15) is 5.01 Å². The molecule has 1 amide bonds. The van der Waals surface area contributed by atoms with Crippen LogP contribution in [0.4, 0.5) is 5.13 Å². The molecule has 1 fully saturated rings. The number of aryl methyl sites for hydroxylation is 1. The lowest BCUT2D eigenvalue weighted by Gasteiger charge is -2.19. The highest BCUT2D eigenvalue weighted by Crippen LogP contribution is 2.21. The largest absolute Gasteiger partial charge is 0.297 e. The van der Waals surface area contributed by atoms with Crippen molar-refractivity contribution >= 4 is 38.5 Å². The Bertz CT molecular complexity index is 928. The lowest BCUT2D eigenvalue weighted by atomic mass is 10.2. The van der Waals surface area contributed by atoms with E-state index in [0.29, 0.717) is 18.2 Å². The number of nitrogens with one attached hydrogen (secondary N) is 1. The van der Waals surface area contributed by atoms with E-state index < -0.39 is 10.0 Å². The van der Waals surface area contributed by atoms with Gasteiger partial charge in [0.25, 0.3) is 0 Å². The minimum atomic E-state index is -3.46. The molecule has 3 rings (SSSR count). The van der Waals surface area contributed by atoms with Crippen LogP contribution in [0.5, 0.6) is 0 Å². The fourth-order valence-electron chi connectivity index (χ4n) is 2.95. The van der Waals surface area contributed by atoms with E-state index in [-0.39, 0.29) is 10.8 Å². The summed E-state index contributed by atoms with van der Waals surface area (Å²) in [6.45, 7) is 3.13. The Hall–Kier alpha value is -2.10. The van der Waals surface area contributed by atoms with E-state index in [1.165, 1.54) is 17.4 Å². The van der Waals surface area contributed by atoms with Gasteiger partial charge in [-0.25, -0.2) is 8.42 Å². The van der Waals surface area contributed by atoms with Crippen molar-refractivity contribution in [2.45, 2.75) is 43.9 Å². The van der Waals surface area contributed by atoms with Crippen LogP contribution < -0.4 is 5.32 Å². The maximum Gasteiger partial charge on any atom is 0.250 e. The molecule has 1 saturated heterocycles. The highest BCUT2D eigenvalue weighted by molar-refractivity contribution is 7.89. The van der Waals surface area contributed by atoms with Gasteiger partial charge >= 0.3 is 0 Å². The van der Waals surface area contributed by atoms with E-state index in [0.717, 1.165) is 42.7 Å². The third kappa shape index (κ3) is 5.24. The SMILES string of the molecule is CCc1nnc(NC(=O)/C=C/c2ccc(S(=O)(=O)N3CCCCCC3)cc2)s1. The smallest absolute Gasteiger partial charge is 0.250 e. The molecule has 9 heteroatoms. The van der Waals surface area contributed by atoms with Gasteiger partial charge in [0, 0.05) is 19.2 Å². The van der Waals surface area contributed by atoms with Crippen LogP contribution in [0.2, 0.25) is 0 Å². The van der Waals surface area contributed by atoms with Crippen molar-refractivity contribution in [2.24, 2.45) is 0 Å². The number of aromatic nitrogens is 2. The van der Waals surface area contributed by atoms with Crippen molar-refractivity contribution in [1.82, 2.24) is 14.5 Å². The van der Waals surface area contributed by atoms with Crippen molar-refractivity contribution in [2.75, 3.05) is 18.4 Å². The predicted molar refractivity (Wildman–Crippen MR) is 111 cm³/mol. The van der Waals surface area contributed by atoms with Gasteiger partial charge in [-0.3, -0.25) is 10.1 Å². The van der Waals surface area contributed by atoms with E-state index >= 15 is 0 Å². The van der Waals surface area contributed by atoms with E-state index in [1.807, 2.05) is 6.92 Å². The quantitative estimate of drug-likeness (QED) is 0.724. The first kappa shape index (κ1) is 20.6. The first-order chi connectivity index (χ1) is 13.5. The molecule has 28 heavy (non-hydrogen) atoms. The molecule has 7 nitrogen and oxygen atoms in total. The highest BCUT2D eigenvalue weighted by Gasteiger charge is 2.24. The maximum atomic E-state index is 12.8. The van der Waals surface area contributed by atoms with Crippen LogP contribution in [0.1, 0.15) is 43.2 Å². The normalized spacial score (nSPS) is 16.2. The Morgan fingerprint density at radius 3 is 2.43 bits per heavy atom. The van der Waals surface area contributed by atoms with Crippen LogP contribution in [0.25, 0.3) is 6.08 Å². The van der Waals surface area contributed by atoms with Crippen LogP contribution >= 0.6 is 11.3 Å². The third-order valence-corrected chi connectivity index (χ3v) is 7.41. The molecule has 0 bridgehead atoms. The summed E-state index contributed by atoms with van der Waals surface area (Å²) in [5, 5.41) is 11.8. The fourth-order valence-corrected chi connectivity index (χ4v) is 5.15. The standard InChI is InChI=1S/C19H24N4O3S2/c1-2-18-21-22-19(27-18)20-17(24)12-9-15-7-10-16(11-8-15)28(25,26)23-13-5-3-4-6-14-23/h7-12H,2-6,13-14H2,1H3,(H,20,22,24)/b12-9+. The van der Waals surface area contributed by atoms with Gasteiger partial charge < -0.3 is 0 Å². The molecular weight excluding hydrogens is 396 g/mol. The van der Waals surface area contributed by atoms with E-state index in [9.17, 15) is 13.2 Å². The Morgan fingerprint density at radius 2 is 1.82 bits per heavy atom. The molecule has 150 valence electrons. The summed E-state index contributed by atoms with van der Waals surface area (Å²) in [6.07, 6.45) is 7.77. The Kier molecular flexibility index (Phi) is 6.93. The predicted octanol–water partition coefficient (Wildman–Crippen LogP) is 3.32. The Balaban J connectivity index is 1.63. The average Bonchev–Trinajstić information content (AvgIpc) is 2.96. The number of anilines is 1. The van der Waals surface area contributed by atoms with Gasteiger partial charge in [0.05, 0.1) is 4.90 Å². The number of rotatable bonds is 6. The number of sulfonamides is 1. The van der Waals surface area contributed by atoms with Crippen molar-refractivity contribution in [3.8, 4) is 0 Å². The van der Waals surface area contributed by atoms with E-state index in [4.69, 9.17) is 0 Å². The summed E-state index contributed by atoms with van der Waals surface area (Å²) < 4.78 is 27.1. The Labute approximate surface area is 169 Å². The van der Waals surface area contributed by atoms with Crippen molar-refractivity contribution in [3.63, 3.8) is 0 Å². The monoisotopic (exact) mass is 420 g/mol. The van der Waals surface area contributed by atoms with Crippen molar-refractivity contribution in [3.05, 3.63) is 40.9 Å². The molecular formula is C19H24N4O3S2. The molecule has 0 atom stereocenters. The molecule has 1 N–H and O–H groups in total. The first-order valence-corrected chi connectivity index (χ1v) is 11.7. The van der Waals surface area contributed by atoms with Gasteiger partial charge in [0.15, 0.2) is 0 Å². The van der Waals surface area contributed by atoms with Crippen LogP contribution in [0, 0.1) is 0 Å². The minimum Gasteiger partial charge on any atom is -0.297 e. The van der Waals surface area contributed by atoms with Gasteiger partial charge in [-0.2, -0.15) is 4.31 Å².